The van der Waals surface area contributed by atoms with E-state index in [1.165, 1.54) is 23.9 Å². The molecule has 0 spiro atoms. The summed E-state index contributed by atoms with van der Waals surface area (Å²) in [6.45, 7) is 5.32. The van der Waals surface area contributed by atoms with E-state index in [4.69, 9.17) is 9.72 Å². The maximum Gasteiger partial charge on any atom is 0.137 e. The van der Waals surface area contributed by atoms with Crippen molar-refractivity contribution in [2.75, 3.05) is 44.3 Å². The van der Waals surface area contributed by atoms with Gasteiger partial charge in [0.1, 0.15) is 11.5 Å². The van der Waals surface area contributed by atoms with Gasteiger partial charge in [-0.25, -0.2) is 15.0 Å². The standard InChI is InChI=1S/C28H29N7O/c1-2-22(16-29-6-1)35-18-33-25-4-3-20(13-26(25)35)24-17-32-28-23(24)12-21(15-31-28)19-5-7-30-27(14-19)34-8-10-36-11-9-34/h3-5,7,12-15,17-18,22,29H,1-2,6,8-11,16H2,(H,31,32). The number of piperidine rings is 1. The van der Waals surface area contributed by atoms with E-state index in [-0.39, 0.29) is 0 Å². The Morgan fingerprint density at radius 1 is 0.944 bits per heavy atom. The van der Waals surface area contributed by atoms with Gasteiger partial charge in [-0.2, -0.15) is 0 Å². The molecule has 7 rings (SSSR count). The van der Waals surface area contributed by atoms with Crippen LogP contribution in [0.2, 0.25) is 0 Å². The van der Waals surface area contributed by atoms with Crippen LogP contribution in [0.25, 0.3) is 44.3 Å². The maximum atomic E-state index is 5.50. The van der Waals surface area contributed by atoms with Crippen LogP contribution in [0.4, 0.5) is 5.82 Å². The van der Waals surface area contributed by atoms with Crippen molar-refractivity contribution in [1.29, 1.82) is 0 Å². The Morgan fingerprint density at radius 3 is 2.78 bits per heavy atom. The van der Waals surface area contributed by atoms with Crippen LogP contribution < -0.4 is 10.2 Å². The number of aromatic nitrogens is 5. The number of anilines is 1. The molecule has 2 N–H and O–H groups in total. The minimum atomic E-state index is 0.447. The van der Waals surface area contributed by atoms with Crippen LogP contribution in [0.15, 0.2) is 61.3 Å². The second kappa shape index (κ2) is 9.04. The molecule has 1 aromatic carbocycles. The zero-order valence-electron chi connectivity index (χ0n) is 20.2. The summed E-state index contributed by atoms with van der Waals surface area (Å²) in [6, 6.07) is 13.5. The molecule has 36 heavy (non-hydrogen) atoms. The minimum Gasteiger partial charge on any atom is -0.378 e. The van der Waals surface area contributed by atoms with Gasteiger partial charge in [-0.3, -0.25) is 0 Å². The molecule has 2 saturated heterocycles. The van der Waals surface area contributed by atoms with Gasteiger partial charge >= 0.3 is 0 Å². The maximum absolute atomic E-state index is 5.50. The van der Waals surface area contributed by atoms with Crippen molar-refractivity contribution in [3.8, 4) is 22.3 Å². The van der Waals surface area contributed by atoms with Crippen LogP contribution in [0.3, 0.4) is 0 Å². The SMILES string of the molecule is c1cc(-c2cnc3[nH]cc(-c4ccc5ncn(C6CCCNC6)c5c4)c3c2)cc(N2CCOCC2)n1. The molecule has 0 radical (unpaired) electrons. The fraction of sp³-hybridized carbons (Fsp3) is 0.321. The number of imidazole rings is 1. The Labute approximate surface area is 209 Å². The molecule has 2 aliphatic rings. The summed E-state index contributed by atoms with van der Waals surface area (Å²) in [5.41, 5.74) is 7.63. The molecule has 6 heterocycles. The van der Waals surface area contributed by atoms with E-state index in [0.717, 1.165) is 78.5 Å². The van der Waals surface area contributed by atoms with Crippen molar-refractivity contribution in [2.45, 2.75) is 18.9 Å². The third kappa shape index (κ3) is 3.83. The predicted molar refractivity (Wildman–Crippen MR) is 142 cm³/mol. The Kier molecular flexibility index (Phi) is 5.40. The number of hydrogen-bond donors (Lipinski definition) is 2. The molecular formula is C28H29N7O. The van der Waals surface area contributed by atoms with Crippen molar-refractivity contribution in [3.05, 3.63) is 61.3 Å². The Balaban J connectivity index is 1.27. The van der Waals surface area contributed by atoms with Crippen LogP contribution in [0, 0.1) is 0 Å². The molecule has 0 aliphatic carbocycles. The number of nitrogens with zero attached hydrogens (tertiary/aromatic N) is 5. The van der Waals surface area contributed by atoms with Crippen molar-refractivity contribution < 1.29 is 4.74 Å². The van der Waals surface area contributed by atoms with Gasteiger partial charge in [0.15, 0.2) is 0 Å². The first-order valence-electron chi connectivity index (χ1n) is 12.8. The van der Waals surface area contributed by atoms with E-state index >= 15 is 0 Å². The minimum absolute atomic E-state index is 0.447. The average Bonchev–Trinajstić information content (AvgIpc) is 3.58. The number of aromatic amines is 1. The molecular weight excluding hydrogens is 450 g/mol. The van der Waals surface area contributed by atoms with Crippen molar-refractivity contribution >= 4 is 27.9 Å². The van der Waals surface area contributed by atoms with Gasteiger partial charge < -0.3 is 24.5 Å². The summed E-state index contributed by atoms with van der Waals surface area (Å²) >= 11 is 0. The number of fused-ring (bicyclic) bond motifs is 2. The molecule has 5 aromatic rings. The molecule has 2 aliphatic heterocycles. The summed E-state index contributed by atoms with van der Waals surface area (Å²) in [4.78, 5) is 19.7. The van der Waals surface area contributed by atoms with Gasteiger partial charge in [0, 0.05) is 60.8 Å². The van der Waals surface area contributed by atoms with E-state index in [1.807, 2.05) is 18.7 Å². The Hall–Kier alpha value is -3.75. The number of ether oxygens (including phenoxy) is 1. The van der Waals surface area contributed by atoms with Gasteiger partial charge in [-0.05, 0) is 60.8 Å². The fourth-order valence-corrected chi connectivity index (χ4v) is 5.52. The van der Waals surface area contributed by atoms with Crippen LogP contribution in [0.1, 0.15) is 18.9 Å². The molecule has 4 aromatic heterocycles. The van der Waals surface area contributed by atoms with Crippen molar-refractivity contribution in [2.24, 2.45) is 0 Å². The number of nitrogens with one attached hydrogen (secondary N) is 2. The molecule has 1 unspecified atom stereocenters. The van der Waals surface area contributed by atoms with E-state index < -0.39 is 0 Å². The topological polar surface area (TPSA) is 83.9 Å². The molecule has 0 amide bonds. The normalized spacial score (nSPS) is 18.8. The number of H-pyrrole nitrogens is 1. The molecule has 0 bridgehead atoms. The molecule has 8 nitrogen and oxygen atoms in total. The number of pyridine rings is 2. The quantitative estimate of drug-likeness (QED) is 0.398. The van der Waals surface area contributed by atoms with E-state index in [9.17, 15) is 0 Å². The van der Waals surface area contributed by atoms with Gasteiger partial charge in [0.05, 0.1) is 30.6 Å². The van der Waals surface area contributed by atoms with E-state index in [2.05, 4.69) is 72.3 Å². The first kappa shape index (κ1) is 21.5. The second-order valence-electron chi connectivity index (χ2n) is 9.68. The molecule has 8 heteroatoms. The van der Waals surface area contributed by atoms with Gasteiger partial charge in [-0.15, -0.1) is 0 Å². The van der Waals surface area contributed by atoms with Crippen LogP contribution >= 0.6 is 0 Å². The van der Waals surface area contributed by atoms with Crippen molar-refractivity contribution in [1.82, 2.24) is 29.8 Å². The van der Waals surface area contributed by atoms with Crippen LogP contribution in [-0.2, 0) is 4.74 Å². The fourth-order valence-electron chi connectivity index (χ4n) is 5.52. The third-order valence-electron chi connectivity index (χ3n) is 7.50. The third-order valence-corrected chi connectivity index (χ3v) is 7.50. The number of rotatable bonds is 4. The molecule has 2 fully saturated rings. The van der Waals surface area contributed by atoms with Crippen LogP contribution in [-0.4, -0.2) is 63.9 Å². The lowest BCUT2D eigenvalue weighted by Crippen LogP contribution is -2.36. The highest BCUT2D eigenvalue weighted by molar-refractivity contribution is 5.97. The smallest absolute Gasteiger partial charge is 0.137 e. The summed E-state index contributed by atoms with van der Waals surface area (Å²) in [7, 11) is 0. The summed E-state index contributed by atoms with van der Waals surface area (Å²) < 4.78 is 7.84. The van der Waals surface area contributed by atoms with E-state index in [0.29, 0.717) is 6.04 Å². The molecule has 0 saturated carbocycles. The monoisotopic (exact) mass is 479 g/mol. The summed E-state index contributed by atoms with van der Waals surface area (Å²) in [5.74, 6) is 0.987. The highest BCUT2D eigenvalue weighted by Crippen LogP contribution is 2.34. The molecule has 1 atom stereocenters. The lowest BCUT2D eigenvalue weighted by atomic mass is 10.0. The summed E-state index contributed by atoms with van der Waals surface area (Å²) in [5, 5.41) is 4.64. The first-order valence-corrected chi connectivity index (χ1v) is 12.8. The van der Waals surface area contributed by atoms with Gasteiger partial charge in [-0.1, -0.05) is 6.07 Å². The Bertz CT molecular complexity index is 1530. The summed E-state index contributed by atoms with van der Waals surface area (Å²) in [6.07, 6.45) is 10.3. The number of morpholine rings is 1. The lowest BCUT2D eigenvalue weighted by Gasteiger charge is -2.28. The highest BCUT2D eigenvalue weighted by Gasteiger charge is 2.18. The molecule has 182 valence electrons. The largest absolute Gasteiger partial charge is 0.378 e. The lowest BCUT2D eigenvalue weighted by molar-refractivity contribution is 0.122. The Morgan fingerprint density at radius 2 is 1.89 bits per heavy atom. The highest BCUT2D eigenvalue weighted by atomic mass is 16.5. The zero-order valence-corrected chi connectivity index (χ0v) is 20.2. The zero-order chi connectivity index (χ0) is 23.9. The first-order chi connectivity index (χ1) is 17.8. The predicted octanol–water partition coefficient (Wildman–Crippen LogP) is 4.40. The number of benzene rings is 1. The van der Waals surface area contributed by atoms with Gasteiger partial charge in [0.2, 0.25) is 0 Å². The second-order valence-corrected chi connectivity index (χ2v) is 9.68. The average molecular weight is 480 g/mol. The van der Waals surface area contributed by atoms with Crippen LogP contribution in [0.5, 0.6) is 0 Å². The number of hydrogen-bond acceptors (Lipinski definition) is 6. The van der Waals surface area contributed by atoms with Gasteiger partial charge in [0.25, 0.3) is 0 Å². The van der Waals surface area contributed by atoms with E-state index in [1.54, 1.807) is 0 Å². The van der Waals surface area contributed by atoms with Crippen molar-refractivity contribution in [3.63, 3.8) is 0 Å².